The lowest BCUT2D eigenvalue weighted by Crippen LogP contribution is -2.44. The molecule has 0 atom stereocenters. The van der Waals surface area contributed by atoms with Crippen molar-refractivity contribution in [2.24, 2.45) is 11.3 Å². The monoisotopic (exact) mass is 264 g/mol. The van der Waals surface area contributed by atoms with Crippen LogP contribution in [0.15, 0.2) is 18.2 Å². The highest BCUT2D eigenvalue weighted by atomic mass is 16.5. The van der Waals surface area contributed by atoms with E-state index in [1.807, 2.05) is 12.1 Å². The van der Waals surface area contributed by atoms with Gasteiger partial charge < -0.3 is 4.74 Å². The molecule has 106 valence electrons. The summed E-state index contributed by atoms with van der Waals surface area (Å²) in [5.74, 6) is 6.19. The second-order valence-corrected chi connectivity index (χ2v) is 5.82. The minimum atomic E-state index is -0.653. The summed E-state index contributed by atoms with van der Waals surface area (Å²) in [5.41, 5.74) is 4.02. The third kappa shape index (κ3) is 3.96. The van der Waals surface area contributed by atoms with Gasteiger partial charge in [0.25, 0.3) is 0 Å². The SMILES string of the molecule is Cc1cc(OCC(C)(C)C(=O)NN)ccc1C(C)C. The lowest BCUT2D eigenvalue weighted by Gasteiger charge is -2.22. The molecule has 19 heavy (non-hydrogen) atoms. The number of nitrogens with one attached hydrogen (secondary N) is 1. The average molecular weight is 264 g/mol. The molecule has 4 nitrogen and oxygen atoms in total. The zero-order chi connectivity index (χ0) is 14.6. The molecular weight excluding hydrogens is 240 g/mol. The van der Waals surface area contributed by atoms with Crippen molar-refractivity contribution in [1.29, 1.82) is 0 Å². The summed E-state index contributed by atoms with van der Waals surface area (Å²) in [7, 11) is 0. The van der Waals surface area contributed by atoms with Crippen LogP contribution in [0.5, 0.6) is 5.75 Å². The van der Waals surface area contributed by atoms with Crippen LogP contribution in [0.3, 0.4) is 0 Å². The molecule has 0 fully saturated rings. The molecule has 0 saturated carbocycles. The molecule has 0 aliphatic rings. The van der Waals surface area contributed by atoms with Crippen LogP contribution in [0.1, 0.15) is 44.7 Å². The Morgan fingerprint density at radius 1 is 1.42 bits per heavy atom. The molecule has 1 aromatic carbocycles. The molecule has 0 aromatic heterocycles. The fourth-order valence-electron chi connectivity index (χ4n) is 1.91. The van der Waals surface area contributed by atoms with Gasteiger partial charge >= 0.3 is 0 Å². The molecule has 1 rings (SSSR count). The van der Waals surface area contributed by atoms with Gasteiger partial charge in [0.15, 0.2) is 0 Å². The Labute approximate surface area is 115 Å². The van der Waals surface area contributed by atoms with Crippen LogP contribution in [0.25, 0.3) is 0 Å². The smallest absolute Gasteiger partial charge is 0.242 e. The lowest BCUT2D eigenvalue weighted by atomic mass is 9.94. The van der Waals surface area contributed by atoms with Gasteiger partial charge in [-0.05, 0) is 49.9 Å². The van der Waals surface area contributed by atoms with E-state index in [-0.39, 0.29) is 12.5 Å². The van der Waals surface area contributed by atoms with Crippen LogP contribution < -0.4 is 16.0 Å². The number of hydrazine groups is 1. The van der Waals surface area contributed by atoms with E-state index in [2.05, 4.69) is 32.3 Å². The normalized spacial score (nSPS) is 11.5. The quantitative estimate of drug-likeness (QED) is 0.488. The van der Waals surface area contributed by atoms with E-state index < -0.39 is 5.41 Å². The molecule has 0 spiro atoms. The number of nitrogens with two attached hydrogens (primary N) is 1. The Morgan fingerprint density at radius 3 is 2.53 bits per heavy atom. The number of hydrogen-bond donors (Lipinski definition) is 2. The van der Waals surface area contributed by atoms with Gasteiger partial charge in [0.2, 0.25) is 5.91 Å². The maximum atomic E-state index is 11.5. The van der Waals surface area contributed by atoms with Crippen molar-refractivity contribution >= 4 is 5.91 Å². The highest BCUT2D eigenvalue weighted by Gasteiger charge is 2.28. The first-order valence-electron chi connectivity index (χ1n) is 6.52. The molecule has 3 N–H and O–H groups in total. The van der Waals surface area contributed by atoms with Crippen molar-refractivity contribution in [2.75, 3.05) is 6.61 Å². The topological polar surface area (TPSA) is 64.3 Å². The first-order valence-corrected chi connectivity index (χ1v) is 6.52. The standard InChI is InChI=1S/C15H24N2O2/c1-10(2)13-7-6-12(8-11(13)3)19-9-15(4,5)14(18)17-16/h6-8,10H,9,16H2,1-5H3,(H,17,18). The summed E-state index contributed by atoms with van der Waals surface area (Å²) in [6.45, 7) is 10.3. The predicted octanol–water partition coefficient (Wildman–Crippen LogP) is 2.51. The largest absolute Gasteiger partial charge is 0.492 e. The lowest BCUT2D eigenvalue weighted by molar-refractivity contribution is -0.130. The number of benzene rings is 1. The fourth-order valence-corrected chi connectivity index (χ4v) is 1.91. The molecule has 0 bridgehead atoms. The third-order valence-electron chi connectivity index (χ3n) is 3.21. The second-order valence-electron chi connectivity index (χ2n) is 5.82. The number of ether oxygens (including phenoxy) is 1. The van der Waals surface area contributed by atoms with Crippen LogP contribution in [0.2, 0.25) is 0 Å². The van der Waals surface area contributed by atoms with Crippen LogP contribution in [0.4, 0.5) is 0 Å². The van der Waals surface area contributed by atoms with Crippen molar-refractivity contribution < 1.29 is 9.53 Å². The number of aryl methyl sites for hydroxylation is 1. The van der Waals surface area contributed by atoms with Gasteiger partial charge in [0, 0.05) is 0 Å². The summed E-state index contributed by atoms with van der Waals surface area (Å²) >= 11 is 0. The van der Waals surface area contributed by atoms with Crippen molar-refractivity contribution in [3.63, 3.8) is 0 Å². The first kappa shape index (κ1) is 15.5. The van der Waals surface area contributed by atoms with E-state index in [1.54, 1.807) is 13.8 Å². The summed E-state index contributed by atoms with van der Waals surface area (Å²) in [5, 5.41) is 0. The Morgan fingerprint density at radius 2 is 2.05 bits per heavy atom. The summed E-state index contributed by atoms with van der Waals surface area (Å²) in [4.78, 5) is 11.5. The summed E-state index contributed by atoms with van der Waals surface area (Å²) in [6.07, 6.45) is 0. The van der Waals surface area contributed by atoms with Gasteiger partial charge in [-0.2, -0.15) is 0 Å². The van der Waals surface area contributed by atoms with Crippen LogP contribution >= 0.6 is 0 Å². The second kappa shape index (κ2) is 6.06. The third-order valence-corrected chi connectivity index (χ3v) is 3.21. The van der Waals surface area contributed by atoms with E-state index in [4.69, 9.17) is 10.6 Å². The molecule has 0 radical (unpaired) electrons. The Kier molecular flexibility index (Phi) is 4.95. The van der Waals surface area contributed by atoms with E-state index in [0.717, 1.165) is 5.75 Å². The molecule has 1 amide bonds. The molecule has 0 saturated heterocycles. The fraction of sp³-hybridized carbons (Fsp3) is 0.533. The summed E-state index contributed by atoms with van der Waals surface area (Å²) < 4.78 is 5.69. The van der Waals surface area contributed by atoms with Crippen LogP contribution in [-0.4, -0.2) is 12.5 Å². The van der Waals surface area contributed by atoms with Crippen LogP contribution in [-0.2, 0) is 4.79 Å². The van der Waals surface area contributed by atoms with Crippen LogP contribution in [0, 0.1) is 12.3 Å². The zero-order valence-electron chi connectivity index (χ0n) is 12.4. The van der Waals surface area contributed by atoms with Gasteiger partial charge in [-0.15, -0.1) is 0 Å². The van der Waals surface area contributed by atoms with Crippen molar-refractivity contribution in [3.05, 3.63) is 29.3 Å². The molecule has 0 aliphatic heterocycles. The summed E-state index contributed by atoms with van der Waals surface area (Å²) in [6, 6.07) is 6.02. The molecule has 0 aliphatic carbocycles. The minimum Gasteiger partial charge on any atom is -0.492 e. The Balaban J connectivity index is 2.74. The Hall–Kier alpha value is -1.55. The van der Waals surface area contributed by atoms with E-state index >= 15 is 0 Å². The van der Waals surface area contributed by atoms with Gasteiger partial charge in [-0.1, -0.05) is 19.9 Å². The van der Waals surface area contributed by atoms with Crippen molar-refractivity contribution in [1.82, 2.24) is 5.43 Å². The zero-order valence-corrected chi connectivity index (χ0v) is 12.4. The van der Waals surface area contributed by atoms with Gasteiger partial charge in [0.1, 0.15) is 12.4 Å². The highest BCUT2D eigenvalue weighted by molar-refractivity contribution is 5.81. The average Bonchev–Trinajstić information content (AvgIpc) is 2.35. The van der Waals surface area contributed by atoms with Crippen molar-refractivity contribution in [3.8, 4) is 5.75 Å². The predicted molar refractivity (Wildman–Crippen MR) is 76.9 cm³/mol. The van der Waals surface area contributed by atoms with E-state index in [9.17, 15) is 4.79 Å². The van der Waals surface area contributed by atoms with Gasteiger partial charge in [0.05, 0.1) is 5.41 Å². The van der Waals surface area contributed by atoms with Gasteiger partial charge in [-0.25, -0.2) is 5.84 Å². The molecular formula is C15H24N2O2. The minimum absolute atomic E-state index is 0.233. The highest BCUT2D eigenvalue weighted by Crippen LogP contribution is 2.25. The Bertz CT molecular complexity index is 453. The van der Waals surface area contributed by atoms with E-state index in [1.165, 1.54) is 11.1 Å². The first-order chi connectivity index (χ1) is 8.77. The molecule has 1 aromatic rings. The number of amides is 1. The molecule has 0 unspecified atom stereocenters. The maximum absolute atomic E-state index is 11.5. The maximum Gasteiger partial charge on any atom is 0.242 e. The number of carbonyl (C=O) groups is 1. The van der Waals surface area contributed by atoms with Crippen molar-refractivity contribution in [2.45, 2.75) is 40.5 Å². The van der Waals surface area contributed by atoms with Gasteiger partial charge in [-0.3, -0.25) is 10.2 Å². The number of hydrogen-bond acceptors (Lipinski definition) is 3. The molecule has 4 heteroatoms. The number of carbonyl (C=O) groups excluding carboxylic acids is 1. The molecule has 0 heterocycles. The van der Waals surface area contributed by atoms with E-state index in [0.29, 0.717) is 5.92 Å². The number of rotatable bonds is 5.